The largest absolute Gasteiger partial charge is 0.309 e. The summed E-state index contributed by atoms with van der Waals surface area (Å²) in [5.41, 5.74) is 0.964. The number of thioether (sulfide) groups is 1. The van der Waals surface area contributed by atoms with Crippen LogP contribution in [0, 0.1) is 0 Å². The molecule has 0 saturated carbocycles. The lowest BCUT2D eigenvalue weighted by molar-refractivity contribution is 0.664. The Bertz CT molecular complexity index is 1050. The van der Waals surface area contributed by atoms with Crippen molar-refractivity contribution in [3.63, 3.8) is 0 Å². The maximum absolute atomic E-state index is 12.3. The third-order valence-corrected chi connectivity index (χ3v) is 5.53. The molecule has 0 fully saturated rings. The minimum Gasteiger partial charge on any atom is -0.309 e. The van der Waals surface area contributed by atoms with Crippen molar-refractivity contribution in [2.45, 2.75) is 10.9 Å². The van der Waals surface area contributed by atoms with Crippen molar-refractivity contribution in [2.24, 2.45) is 7.05 Å². The molecule has 24 heavy (non-hydrogen) atoms. The number of hydrogen-bond acceptors (Lipinski definition) is 7. The highest BCUT2D eigenvalue weighted by Gasteiger charge is 2.11. The summed E-state index contributed by atoms with van der Waals surface area (Å²) in [5, 5.41) is 12.6. The first kappa shape index (κ1) is 15.0. The molecule has 7 nitrogen and oxygen atoms in total. The van der Waals surface area contributed by atoms with E-state index in [9.17, 15) is 4.79 Å². The van der Waals surface area contributed by atoms with Gasteiger partial charge in [0.15, 0.2) is 0 Å². The summed E-state index contributed by atoms with van der Waals surface area (Å²) in [5.74, 6) is 1.11. The molecule has 0 spiro atoms. The Kier molecular flexibility index (Phi) is 3.87. The molecule has 0 radical (unpaired) electrons. The summed E-state index contributed by atoms with van der Waals surface area (Å²) >= 11 is 2.95. The van der Waals surface area contributed by atoms with Gasteiger partial charge in [-0.25, -0.2) is 9.67 Å². The minimum absolute atomic E-state index is 0.120. The zero-order valence-corrected chi connectivity index (χ0v) is 14.3. The Hall–Kier alpha value is -2.52. The van der Waals surface area contributed by atoms with Gasteiger partial charge >= 0.3 is 0 Å². The Labute approximate surface area is 144 Å². The summed E-state index contributed by atoms with van der Waals surface area (Å²) in [6.45, 7) is 0. The number of benzene rings is 1. The molecule has 120 valence electrons. The molecule has 0 aliphatic heterocycles. The van der Waals surface area contributed by atoms with E-state index in [-0.39, 0.29) is 5.56 Å². The first-order valence-corrected chi connectivity index (χ1v) is 8.94. The van der Waals surface area contributed by atoms with Crippen LogP contribution in [0.4, 0.5) is 0 Å². The van der Waals surface area contributed by atoms with Crippen LogP contribution in [0.3, 0.4) is 0 Å². The Morgan fingerprint density at radius 2 is 2.12 bits per heavy atom. The van der Waals surface area contributed by atoms with Crippen LogP contribution < -0.4 is 5.56 Å². The molecular weight excluding hydrogens is 344 g/mol. The number of tetrazole rings is 1. The summed E-state index contributed by atoms with van der Waals surface area (Å²) in [6.07, 6.45) is 0. The smallest absolute Gasteiger partial charge is 0.259 e. The van der Waals surface area contributed by atoms with E-state index in [1.54, 1.807) is 11.7 Å². The number of thiophene rings is 1. The van der Waals surface area contributed by atoms with Gasteiger partial charge in [-0.3, -0.25) is 4.79 Å². The number of rotatable bonds is 4. The second kappa shape index (κ2) is 6.17. The van der Waals surface area contributed by atoms with Crippen LogP contribution in [-0.2, 0) is 12.8 Å². The number of hydrogen-bond donors (Lipinski definition) is 1. The minimum atomic E-state index is -0.120. The Balaban J connectivity index is 1.67. The highest BCUT2D eigenvalue weighted by Crippen LogP contribution is 2.31. The first-order valence-electron chi connectivity index (χ1n) is 7.14. The van der Waals surface area contributed by atoms with Crippen LogP contribution in [0.2, 0.25) is 0 Å². The van der Waals surface area contributed by atoms with Crippen LogP contribution in [0.25, 0.3) is 20.7 Å². The molecule has 4 aromatic rings. The van der Waals surface area contributed by atoms with Crippen LogP contribution in [0.1, 0.15) is 5.82 Å². The van der Waals surface area contributed by atoms with E-state index in [4.69, 9.17) is 0 Å². The van der Waals surface area contributed by atoms with E-state index in [1.807, 2.05) is 36.4 Å². The molecule has 0 unspecified atom stereocenters. The van der Waals surface area contributed by atoms with Gasteiger partial charge in [0.25, 0.3) is 5.56 Å². The molecule has 0 amide bonds. The normalized spacial score (nSPS) is 11.2. The maximum atomic E-state index is 12.3. The number of H-pyrrole nitrogens is 1. The summed E-state index contributed by atoms with van der Waals surface area (Å²) in [4.78, 5) is 21.5. The number of nitrogens with zero attached hydrogens (tertiary/aromatic N) is 5. The molecule has 0 bridgehead atoms. The molecule has 3 heterocycles. The summed E-state index contributed by atoms with van der Waals surface area (Å²) in [7, 11) is 1.77. The predicted octanol–water partition coefficient (Wildman–Crippen LogP) is 2.47. The lowest BCUT2D eigenvalue weighted by atomic mass is 10.2. The number of aromatic amines is 1. The van der Waals surface area contributed by atoms with E-state index in [0.717, 1.165) is 15.3 Å². The van der Waals surface area contributed by atoms with Gasteiger partial charge < -0.3 is 4.98 Å². The quantitative estimate of drug-likeness (QED) is 0.565. The monoisotopic (exact) mass is 356 g/mol. The molecule has 0 aliphatic rings. The van der Waals surface area contributed by atoms with E-state index < -0.39 is 0 Å². The van der Waals surface area contributed by atoms with E-state index in [2.05, 4.69) is 25.5 Å². The molecular formula is C15H12N6OS2. The van der Waals surface area contributed by atoms with Crippen molar-refractivity contribution in [1.82, 2.24) is 30.2 Å². The van der Waals surface area contributed by atoms with Gasteiger partial charge in [-0.1, -0.05) is 42.1 Å². The first-order chi connectivity index (χ1) is 11.7. The lowest BCUT2D eigenvalue weighted by Gasteiger charge is -1.99. The molecule has 1 N–H and O–H groups in total. The zero-order chi connectivity index (χ0) is 16.5. The molecule has 0 aliphatic carbocycles. The number of aromatic nitrogens is 6. The fourth-order valence-corrected chi connectivity index (χ4v) is 4.04. The van der Waals surface area contributed by atoms with Gasteiger partial charge in [-0.05, 0) is 22.1 Å². The second-order valence-electron chi connectivity index (χ2n) is 5.08. The number of aryl methyl sites for hydroxylation is 1. The van der Waals surface area contributed by atoms with Crippen LogP contribution >= 0.6 is 23.1 Å². The highest BCUT2D eigenvalue weighted by atomic mass is 32.2. The van der Waals surface area contributed by atoms with Crippen LogP contribution in [-0.4, -0.2) is 30.2 Å². The van der Waals surface area contributed by atoms with Crippen molar-refractivity contribution < 1.29 is 0 Å². The van der Waals surface area contributed by atoms with E-state index >= 15 is 0 Å². The van der Waals surface area contributed by atoms with Gasteiger partial charge in [0.1, 0.15) is 10.7 Å². The SMILES string of the molecule is Cn1nnnc1SCc1nc2sc(-c3ccccc3)cc2c(=O)[nH]1. The third kappa shape index (κ3) is 2.83. The van der Waals surface area contributed by atoms with Gasteiger partial charge in [0, 0.05) is 11.9 Å². The van der Waals surface area contributed by atoms with Crippen LogP contribution in [0.15, 0.2) is 46.3 Å². The van der Waals surface area contributed by atoms with Gasteiger partial charge in [0.2, 0.25) is 5.16 Å². The maximum Gasteiger partial charge on any atom is 0.259 e. The lowest BCUT2D eigenvalue weighted by Crippen LogP contribution is -2.10. The van der Waals surface area contributed by atoms with Crippen molar-refractivity contribution in [3.8, 4) is 10.4 Å². The van der Waals surface area contributed by atoms with Crippen LogP contribution in [0.5, 0.6) is 0 Å². The van der Waals surface area contributed by atoms with Gasteiger partial charge in [-0.15, -0.1) is 16.4 Å². The van der Waals surface area contributed by atoms with Crippen molar-refractivity contribution in [3.05, 3.63) is 52.6 Å². The highest BCUT2D eigenvalue weighted by molar-refractivity contribution is 7.98. The average Bonchev–Trinajstić information content (AvgIpc) is 3.20. The molecule has 4 rings (SSSR count). The van der Waals surface area contributed by atoms with Gasteiger partial charge in [-0.2, -0.15) is 0 Å². The average molecular weight is 356 g/mol. The fraction of sp³-hybridized carbons (Fsp3) is 0.133. The molecule has 0 atom stereocenters. The fourth-order valence-electron chi connectivity index (χ4n) is 2.27. The Morgan fingerprint density at radius 1 is 1.29 bits per heavy atom. The summed E-state index contributed by atoms with van der Waals surface area (Å²) in [6, 6.07) is 11.9. The Morgan fingerprint density at radius 3 is 2.88 bits per heavy atom. The topological polar surface area (TPSA) is 89.3 Å². The number of fused-ring (bicyclic) bond motifs is 1. The molecule has 3 aromatic heterocycles. The van der Waals surface area contributed by atoms with Crippen molar-refractivity contribution in [2.75, 3.05) is 0 Å². The standard InChI is InChI=1S/C15H12N6OS2/c1-21-15(18-19-20-21)23-8-12-16-13(22)10-7-11(24-14(10)17-12)9-5-3-2-4-6-9/h2-7H,8H2,1H3,(H,16,17,22). The molecule has 9 heteroatoms. The summed E-state index contributed by atoms with van der Waals surface area (Å²) < 4.78 is 1.58. The zero-order valence-electron chi connectivity index (χ0n) is 12.6. The van der Waals surface area contributed by atoms with E-state index in [1.165, 1.54) is 23.1 Å². The van der Waals surface area contributed by atoms with Crippen molar-refractivity contribution in [1.29, 1.82) is 0 Å². The van der Waals surface area contributed by atoms with Gasteiger partial charge in [0.05, 0.1) is 11.1 Å². The number of nitrogens with one attached hydrogen (secondary N) is 1. The van der Waals surface area contributed by atoms with E-state index in [0.29, 0.717) is 22.1 Å². The predicted molar refractivity (Wildman–Crippen MR) is 94.0 cm³/mol. The second-order valence-corrected chi connectivity index (χ2v) is 7.06. The van der Waals surface area contributed by atoms with Crippen molar-refractivity contribution >= 4 is 33.3 Å². The third-order valence-electron chi connectivity index (χ3n) is 3.43. The molecule has 0 saturated heterocycles. The molecule has 1 aromatic carbocycles.